The van der Waals surface area contributed by atoms with Gasteiger partial charge >= 0.3 is 0 Å². The molecule has 0 heterocycles. The molecule has 0 atom stereocenters. The van der Waals surface area contributed by atoms with E-state index in [4.69, 9.17) is 0 Å². The molecule has 1 aromatic carbocycles. The summed E-state index contributed by atoms with van der Waals surface area (Å²) in [5.74, 6) is 0. The summed E-state index contributed by atoms with van der Waals surface area (Å²) in [6.45, 7) is 11.0. The standard InChI is InChI=1S/C23H38/c1-5-9-12-15-20-18-21(8-4)23(17-14-11-7-3)22(19-20)16-13-10-6-2/h8,18-19H,4-7,9-17H2,1-3H3. The Morgan fingerprint density at radius 1 is 0.739 bits per heavy atom. The summed E-state index contributed by atoms with van der Waals surface area (Å²) in [6.07, 6.45) is 17.7. The average molecular weight is 315 g/mol. The van der Waals surface area contributed by atoms with E-state index in [1.165, 1.54) is 88.2 Å². The van der Waals surface area contributed by atoms with Crippen molar-refractivity contribution in [3.63, 3.8) is 0 Å². The maximum absolute atomic E-state index is 4.09. The van der Waals surface area contributed by atoms with E-state index in [9.17, 15) is 0 Å². The van der Waals surface area contributed by atoms with Gasteiger partial charge in [0.15, 0.2) is 0 Å². The SMILES string of the molecule is C=Cc1cc(CCCCC)cc(CCCCC)c1CCCCC. The third kappa shape index (κ3) is 7.38. The van der Waals surface area contributed by atoms with Crippen LogP contribution in [0.5, 0.6) is 0 Å². The van der Waals surface area contributed by atoms with E-state index in [1.807, 2.05) is 0 Å². The first-order valence-electron chi connectivity index (χ1n) is 10.0. The van der Waals surface area contributed by atoms with E-state index in [1.54, 1.807) is 11.1 Å². The summed E-state index contributed by atoms with van der Waals surface area (Å²) >= 11 is 0. The van der Waals surface area contributed by atoms with Crippen LogP contribution >= 0.6 is 0 Å². The molecule has 0 saturated carbocycles. The van der Waals surface area contributed by atoms with E-state index in [-0.39, 0.29) is 0 Å². The van der Waals surface area contributed by atoms with Crippen LogP contribution in [0.1, 0.15) is 101 Å². The van der Waals surface area contributed by atoms with Gasteiger partial charge in [0.25, 0.3) is 0 Å². The normalized spacial score (nSPS) is 10.9. The molecule has 0 spiro atoms. The molecule has 0 radical (unpaired) electrons. The third-order valence-corrected chi connectivity index (χ3v) is 4.81. The summed E-state index contributed by atoms with van der Waals surface area (Å²) in [6, 6.07) is 4.92. The Balaban J connectivity index is 2.94. The second kappa shape index (κ2) is 12.4. The molecule has 0 N–H and O–H groups in total. The van der Waals surface area contributed by atoms with Crippen molar-refractivity contribution < 1.29 is 0 Å². The third-order valence-electron chi connectivity index (χ3n) is 4.81. The van der Waals surface area contributed by atoms with Crippen molar-refractivity contribution in [2.24, 2.45) is 0 Å². The molecule has 0 unspecified atom stereocenters. The summed E-state index contributed by atoms with van der Waals surface area (Å²) in [5.41, 5.74) is 6.13. The first-order chi connectivity index (χ1) is 11.3. The van der Waals surface area contributed by atoms with Crippen LogP contribution in [0, 0.1) is 0 Å². The maximum atomic E-state index is 4.09. The Labute approximate surface area is 145 Å². The van der Waals surface area contributed by atoms with E-state index in [2.05, 4.69) is 45.6 Å². The molecule has 0 heteroatoms. The number of rotatable bonds is 13. The fourth-order valence-electron chi connectivity index (χ4n) is 3.38. The summed E-state index contributed by atoms with van der Waals surface area (Å²) in [7, 11) is 0. The van der Waals surface area contributed by atoms with Gasteiger partial charge in [-0.05, 0) is 60.8 Å². The summed E-state index contributed by atoms with van der Waals surface area (Å²) in [5, 5.41) is 0. The number of unbranched alkanes of at least 4 members (excludes halogenated alkanes) is 6. The fraction of sp³-hybridized carbons (Fsp3) is 0.652. The molecular formula is C23H38. The molecule has 0 aliphatic heterocycles. The van der Waals surface area contributed by atoms with Gasteiger partial charge in [0.05, 0.1) is 0 Å². The van der Waals surface area contributed by atoms with Crippen molar-refractivity contribution in [2.45, 2.75) is 97.8 Å². The van der Waals surface area contributed by atoms with Gasteiger partial charge < -0.3 is 0 Å². The van der Waals surface area contributed by atoms with Crippen LogP contribution in [-0.4, -0.2) is 0 Å². The topological polar surface area (TPSA) is 0 Å². The molecule has 1 rings (SSSR count). The van der Waals surface area contributed by atoms with Gasteiger partial charge in [0.1, 0.15) is 0 Å². The lowest BCUT2D eigenvalue weighted by molar-refractivity contribution is 0.689. The number of hydrogen-bond donors (Lipinski definition) is 0. The van der Waals surface area contributed by atoms with Gasteiger partial charge in [0.2, 0.25) is 0 Å². The number of aryl methyl sites for hydroxylation is 2. The minimum absolute atomic E-state index is 1.23. The Morgan fingerprint density at radius 3 is 1.87 bits per heavy atom. The highest BCUT2D eigenvalue weighted by molar-refractivity contribution is 5.56. The summed E-state index contributed by atoms with van der Waals surface area (Å²) < 4.78 is 0. The Morgan fingerprint density at radius 2 is 1.30 bits per heavy atom. The largest absolute Gasteiger partial charge is 0.0985 e. The minimum atomic E-state index is 1.23. The van der Waals surface area contributed by atoms with Crippen LogP contribution in [0.15, 0.2) is 18.7 Å². The molecule has 0 nitrogen and oxygen atoms in total. The number of benzene rings is 1. The highest BCUT2D eigenvalue weighted by Crippen LogP contribution is 2.25. The number of hydrogen-bond acceptors (Lipinski definition) is 0. The van der Waals surface area contributed by atoms with Crippen molar-refractivity contribution in [3.8, 4) is 0 Å². The maximum Gasteiger partial charge on any atom is -0.0225 e. The second-order valence-corrected chi connectivity index (χ2v) is 6.90. The van der Waals surface area contributed by atoms with Gasteiger partial charge in [-0.1, -0.05) is 84.1 Å². The zero-order chi connectivity index (χ0) is 16.9. The Hall–Kier alpha value is -1.04. The van der Waals surface area contributed by atoms with Crippen LogP contribution in [0.2, 0.25) is 0 Å². The van der Waals surface area contributed by atoms with Crippen molar-refractivity contribution in [1.82, 2.24) is 0 Å². The molecule has 0 fully saturated rings. The van der Waals surface area contributed by atoms with Gasteiger partial charge in [-0.2, -0.15) is 0 Å². The predicted octanol–water partition coefficient (Wildman–Crippen LogP) is 7.53. The van der Waals surface area contributed by atoms with E-state index in [0.717, 1.165) is 0 Å². The molecule has 0 amide bonds. The zero-order valence-electron chi connectivity index (χ0n) is 15.9. The average Bonchev–Trinajstić information content (AvgIpc) is 2.56. The van der Waals surface area contributed by atoms with Crippen LogP contribution in [0.3, 0.4) is 0 Å². The van der Waals surface area contributed by atoms with Crippen molar-refractivity contribution in [2.75, 3.05) is 0 Å². The fourth-order valence-corrected chi connectivity index (χ4v) is 3.38. The summed E-state index contributed by atoms with van der Waals surface area (Å²) in [4.78, 5) is 0. The monoisotopic (exact) mass is 314 g/mol. The highest BCUT2D eigenvalue weighted by atomic mass is 14.1. The molecule has 1 aromatic rings. The molecule has 0 aromatic heterocycles. The van der Waals surface area contributed by atoms with E-state index >= 15 is 0 Å². The Bertz CT molecular complexity index is 442. The molecule has 0 aliphatic carbocycles. The smallest absolute Gasteiger partial charge is 0.0225 e. The predicted molar refractivity (Wildman–Crippen MR) is 106 cm³/mol. The van der Waals surface area contributed by atoms with Gasteiger partial charge in [-0.3, -0.25) is 0 Å². The van der Waals surface area contributed by atoms with E-state index < -0.39 is 0 Å². The van der Waals surface area contributed by atoms with Gasteiger partial charge in [-0.15, -0.1) is 0 Å². The quantitative estimate of drug-likeness (QED) is 0.330. The van der Waals surface area contributed by atoms with Gasteiger partial charge in [-0.25, -0.2) is 0 Å². The lowest BCUT2D eigenvalue weighted by Crippen LogP contribution is -2.01. The lowest BCUT2D eigenvalue weighted by Gasteiger charge is -2.16. The second-order valence-electron chi connectivity index (χ2n) is 6.90. The van der Waals surface area contributed by atoms with Crippen LogP contribution in [0.25, 0.3) is 6.08 Å². The van der Waals surface area contributed by atoms with Crippen molar-refractivity contribution in [3.05, 3.63) is 41.0 Å². The molecule has 0 bridgehead atoms. The minimum Gasteiger partial charge on any atom is -0.0985 e. The highest BCUT2D eigenvalue weighted by Gasteiger charge is 2.09. The van der Waals surface area contributed by atoms with E-state index in [0.29, 0.717) is 0 Å². The zero-order valence-corrected chi connectivity index (χ0v) is 15.9. The molecule has 0 aliphatic rings. The Kier molecular flexibility index (Phi) is 10.8. The lowest BCUT2D eigenvalue weighted by atomic mass is 9.89. The molecule has 23 heavy (non-hydrogen) atoms. The first kappa shape index (κ1) is 20.0. The molecular weight excluding hydrogens is 276 g/mol. The van der Waals surface area contributed by atoms with Crippen LogP contribution < -0.4 is 0 Å². The molecule has 0 saturated heterocycles. The molecule has 130 valence electrons. The van der Waals surface area contributed by atoms with Crippen LogP contribution in [0.4, 0.5) is 0 Å². The van der Waals surface area contributed by atoms with Crippen molar-refractivity contribution >= 4 is 6.08 Å². The van der Waals surface area contributed by atoms with Gasteiger partial charge in [0, 0.05) is 0 Å². The van der Waals surface area contributed by atoms with Crippen molar-refractivity contribution in [1.29, 1.82) is 0 Å². The van der Waals surface area contributed by atoms with Crippen LogP contribution in [-0.2, 0) is 19.3 Å². The first-order valence-corrected chi connectivity index (χ1v) is 10.0.